The van der Waals surface area contributed by atoms with Gasteiger partial charge in [-0.15, -0.1) is 0 Å². The van der Waals surface area contributed by atoms with Crippen LogP contribution in [-0.4, -0.2) is 53.9 Å². The van der Waals surface area contributed by atoms with E-state index in [2.05, 4.69) is 25.9 Å². The van der Waals surface area contributed by atoms with Crippen molar-refractivity contribution >= 4 is 45.2 Å². The normalized spacial score (nSPS) is 21.9. The van der Waals surface area contributed by atoms with Gasteiger partial charge in [0.15, 0.2) is 0 Å². The maximum Gasteiger partial charge on any atom is 0.267 e. The lowest BCUT2D eigenvalue weighted by Crippen LogP contribution is -2.32. The van der Waals surface area contributed by atoms with Crippen molar-refractivity contribution in [1.29, 1.82) is 0 Å². The van der Waals surface area contributed by atoms with E-state index in [-0.39, 0.29) is 17.7 Å². The van der Waals surface area contributed by atoms with Gasteiger partial charge in [0.05, 0.1) is 0 Å². The van der Waals surface area contributed by atoms with Gasteiger partial charge >= 0.3 is 0 Å². The van der Waals surface area contributed by atoms with Crippen LogP contribution in [0, 0.1) is 23.7 Å². The van der Waals surface area contributed by atoms with Crippen molar-refractivity contribution < 1.29 is 14.4 Å². The summed E-state index contributed by atoms with van der Waals surface area (Å²) in [7, 11) is 0. The molecule has 2 heterocycles. The van der Waals surface area contributed by atoms with Crippen molar-refractivity contribution in [2.45, 2.75) is 51.4 Å². The van der Waals surface area contributed by atoms with E-state index < -0.39 is 0 Å². The first kappa shape index (κ1) is 30.9. The second-order valence-corrected chi connectivity index (χ2v) is 13.1. The summed E-state index contributed by atoms with van der Waals surface area (Å²) in [5.74, 6) is 1.69. The van der Waals surface area contributed by atoms with Crippen molar-refractivity contribution in [3.05, 3.63) is 65.5 Å². The summed E-state index contributed by atoms with van der Waals surface area (Å²) >= 11 is 0. The van der Waals surface area contributed by atoms with Crippen molar-refractivity contribution in [2.24, 2.45) is 35.1 Å². The third kappa shape index (κ3) is 7.40. The van der Waals surface area contributed by atoms with Crippen LogP contribution in [0.15, 0.2) is 48.5 Å². The fourth-order valence-corrected chi connectivity index (χ4v) is 6.94. The first-order chi connectivity index (χ1) is 21.9. The molecule has 4 aromatic rings. The molecule has 2 fully saturated rings. The Bertz CT molecular complexity index is 1660. The number of nitrogens with one attached hydrogen (secondary N) is 5. The predicted molar refractivity (Wildman–Crippen MR) is 178 cm³/mol. The fraction of sp³-hybridized carbons (Fsp3) is 0.457. The third-order valence-corrected chi connectivity index (χ3v) is 9.95. The molecule has 0 bridgehead atoms. The molecule has 2 aromatic carbocycles. The second kappa shape index (κ2) is 13.9. The van der Waals surface area contributed by atoms with Crippen molar-refractivity contribution in [3.63, 3.8) is 0 Å². The molecule has 0 atom stereocenters. The summed E-state index contributed by atoms with van der Waals surface area (Å²) in [4.78, 5) is 45.2. The van der Waals surface area contributed by atoms with Gasteiger partial charge in [-0.05, 0) is 137 Å². The number of hydrogen-bond donors (Lipinski definition) is 7. The number of fused-ring (bicyclic) bond motifs is 2. The van der Waals surface area contributed by atoms with Crippen molar-refractivity contribution in [3.8, 4) is 0 Å². The smallest absolute Gasteiger partial charge is 0.267 e. The lowest BCUT2D eigenvalue weighted by atomic mass is 9.82. The topological polar surface area (TPSA) is 171 Å². The molecule has 2 saturated carbocycles. The SMILES string of the molecule is NCC1CCC(CNC(=O)c2cc3cc(NC(=O)c4ccc5[nH]c(C(=O)NCC6CCC(CN)CC6)cc5c4)ccc3[nH]2)CC1. The molecule has 0 radical (unpaired) electrons. The van der Waals surface area contributed by atoms with Gasteiger partial charge < -0.3 is 37.4 Å². The van der Waals surface area contributed by atoms with Crippen LogP contribution in [0.25, 0.3) is 21.8 Å². The Morgan fingerprint density at radius 3 is 1.58 bits per heavy atom. The maximum absolute atomic E-state index is 13.2. The molecule has 238 valence electrons. The molecule has 9 N–H and O–H groups in total. The number of nitrogens with two attached hydrogens (primary N) is 2. The fourth-order valence-electron chi connectivity index (χ4n) is 6.94. The zero-order chi connectivity index (χ0) is 31.3. The molecule has 0 saturated heterocycles. The summed E-state index contributed by atoms with van der Waals surface area (Å²) in [5, 5.41) is 10.7. The summed E-state index contributed by atoms with van der Waals surface area (Å²) in [6.45, 7) is 2.82. The molecule has 45 heavy (non-hydrogen) atoms. The van der Waals surface area contributed by atoms with E-state index in [1.807, 2.05) is 30.3 Å². The number of H-pyrrole nitrogens is 2. The first-order valence-electron chi connectivity index (χ1n) is 16.4. The van der Waals surface area contributed by atoms with Crippen LogP contribution in [0.3, 0.4) is 0 Å². The highest BCUT2D eigenvalue weighted by molar-refractivity contribution is 6.08. The highest BCUT2D eigenvalue weighted by atomic mass is 16.2. The van der Waals surface area contributed by atoms with E-state index in [0.29, 0.717) is 59.4 Å². The monoisotopic (exact) mass is 611 g/mol. The van der Waals surface area contributed by atoms with Gasteiger partial charge in [-0.25, -0.2) is 0 Å². The van der Waals surface area contributed by atoms with Crippen LogP contribution in [-0.2, 0) is 0 Å². The first-order valence-corrected chi connectivity index (χ1v) is 16.4. The standard InChI is InChI=1S/C35H45N7O3/c36-17-21-1-5-23(6-2-21)19-38-34(44)31-15-26-13-25(9-11-29(26)41-31)33(43)40-28-10-12-30-27(14-28)16-32(42-30)35(45)39-20-24-7-3-22(18-37)4-8-24/h9-16,21-24,41-42H,1-8,17-20,36-37H2,(H,38,44)(H,39,45)(H,40,43). The Balaban J connectivity index is 1.04. The van der Waals surface area contributed by atoms with E-state index in [1.54, 1.807) is 18.2 Å². The molecule has 0 unspecified atom stereocenters. The lowest BCUT2D eigenvalue weighted by molar-refractivity contribution is 0.0929. The highest BCUT2D eigenvalue weighted by Gasteiger charge is 2.22. The largest absolute Gasteiger partial charge is 0.351 e. The van der Waals surface area contributed by atoms with Crippen molar-refractivity contribution in [2.75, 3.05) is 31.5 Å². The molecule has 2 aliphatic carbocycles. The molecule has 10 heteroatoms. The van der Waals surface area contributed by atoms with E-state index in [9.17, 15) is 14.4 Å². The van der Waals surface area contributed by atoms with Crippen LogP contribution in [0.1, 0.15) is 82.7 Å². The lowest BCUT2D eigenvalue weighted by Gasteiger charge is -2.27. The molecular formula is C35H45N7O3. The minimum Gasteiger partial charge on any atom is -0.351 e. The van der Waals surface area contributed by atoms with Crippen LogP contribution in [0.5, 0.6) is 0 Å². The molecule has 0 aliphatic heterocycles. The Labute approximate surface area is 263 Å². The summed E-state index contributed by atoms with van der Waals surface area (Å²) in [5.41, 5.74) is 15.3. The van der Waals surface area contributed by atoms with Gasteiger partial charge in [0.25, 0.3) is 17.7 Å². The number of aromatic nitrogens is 2. The number of amides is 3. The number of aromatic amines is 2. The predicted octanol–water partition coefficient (Wildman–Crippen LogP) is 4.89. The quantitative estimate of drug-likeness (QED) is 0.135. The number of rotatable bonds is 10. The third-order valence-electron chi connectivity index (χ3n) is 9.95. The Morgan fingerprint density at radius 1 is 0.600 bits per heavy atom. The van der Waals surface area contributed by atoms with Gasteiger partial charge in [-0.2, -0.15) is 0 Å². The van der Waals surface area contributed by atoms with Crippen LogP contribution >= 0.6 is 0 Å². The number of carbonyl (C=O) groups excluding carboxylic acids is 3. The molecule has 2 aromatic heterocycles. The molecule has 2 aliphatic rings. The average Bonchev–Trinajstić information content (AvgIpc) is 3.70. The zero-order valence-electron chi connectivity index (χ0n) is 25.8. The van der Waals surface area contributed by atoms with Crippen molar-refractivity contribution in [1.82, 2.24) is 20.6 Å². The summed E-state index contributed by atoms with van der Waals surface area (Å²) < 4.78 is 0. The maximum atomic E-state index is 13.2. The summed E-state index contributed by atoms with van der Waals surface area (Å²) in [6.07, 6.45) is 8.91. The van der Waals surface area contributed by atoms with Crippen LogP contribution in [0.2, 0.25) is 0 Å². The Hall–Kier alpha value is -4.15. The van der Waals surface area contributed by atoms with Gasteiger partial charge in [0.2, 0.25) is 0 Å². The number of carbonyl (C=O) groups is 3. The zero-order valence-corrected chi connectivity index (χ0v) is 25.8. The highest BCUT2D eigenvalue weighted by Crippen LogP contribution is 2.29. The van der Waals surface area contributed by atoms with Gasteiger partial charge in [0, 0.05) is 46.1 Å². The van der Waals surface area contributed by atoms with Gasteiger partial charge in [0.1, 0.15) is 11.4 Å². The van der Waals surface area contributed by atoms with Crippen LogP contribution in [0.4, 0.5) is 5.69 Å². The molecular weight excluding hydrogens is 566 g/mol. The summed E-state index contributed by atoms with van der Waals surface area (Å²) in [6, 6.07) is 14.5. The Kier molecular flexibility index (Phi) is 9.51. The second-order valence-electron chi connectivity index (χ2n) is 13.1. The molecule has 3 amide bonds. The van der Waals surface area contributed by atoms with E-state index in [1.165, 1.54) is 0 Å². The Morgan fingerprint density at radius 2 is 1.07 bits per heavy atom. The minimum atomic E-state index is -0.255. The number of anilines is 1. The van der Waals surface area contributed by atoms with Gasteiger partial charge in [-0.3, -0.25) is 14.4 Å². The van der Waals surface area contributed by atoms with E-state index >= 15 is 0 Å². The molecule has 0 spiro atoms. The minimum absolute atomic E-state index is 0.125. The van der Waals surface area contributed by atoms with Gasteiger partial charge in [-0.1, -0.05) is 0 Å². The van der Waals surface area contributed by atoms with Crippen LogP contribution < -0.4 is 27.4 Å². The van der Waals surface area contributed by atoms with E-state index in [4.69, 9.17) is 11.5 Å². The average molecular weight is 612 g/mol. The molecule has 10 nitrogen and oxygen atoms in total. The number of benzene rings is 2. The molecule has 6 rings (SSSR count). The van der Waals surface area contributed by atoms with E-state index in [0.717, 1.165) is 86.3 Å². The number of hydrogen-bond acceptors (Lipinski definition) is 5.